The van der Waals surface area contributed by atoms with Crippen LogP contribution in [0.2, 0.25) is 0 Å². The largest absolute Gasteiger partial charge is 0.370 e. The monoisotopic (exact) mass is 564 g/mol. The van der Waals surface area contributed by atoms with E-state index in [1.807, 2.05) is 6.20 Å². The first-order chi connectivity index (χ1) is 15.6. The lowest BCUT2D eigenvalue weighted by molar-refractivity contribution is -0.00834. The Morgan fingerprint density at radius 3 is 2.61 bits per heavy atom. The summed E-state index contributed by atoms with van der Waals surface area (Å²) in [5.74, 6) is 2.00. The number of aliphatic imine (C=N–C) groups is 1. The number of nitrogens with zero attached hydrogens (tertiary/aromatic N) is 5. The first kappa shape index (κ1) is 25.7. The first-order valence-electron chi connectivity index (χ1n) is 11.7. The number of aromatic nitrogens is 1. The Labute approximate surface area is 215 Å². The zero-order chi connectivity index (χ0) is 22.3. The highest BCUT2D eigenvalue weighted by Gasteiger charge is 2.25. The van der Waals surface area contributed by atoms with Gasteiger partial charge in [0.05, 0.1) is 19.7 Å². The van der Waals surface area contributed by atoms with Gasteiger partial charge in [0.1, 0.15) is 11.9 Å². The summed E-state index contributed by atoms with van der Waals surface area (Å²) in [4.78, 5) is 16.7. The van der Waals surface area contributed by atoms with Crippen molar-refractivity contribution in [2.75, 3.05) is 64.4 Å². The van der Waals surface area contributed by atoms with E-state index >= 15 is 0 Å². The van der Waals surface area contributed by atoms with Crippen LogP contribution in [0.15, 0.2) is 47.6 Å². The van der Waals surface area contributed by atoms with Gasteiger partial charge in [-0.3, -0.25) is 0 Å². The third-order valence-corrected chi connectivity index (χ3v) is 6.28. The molecule has 8 heteroatoms. The van der Waals surface area contributed by atoms with Crippen molar-refractivity contribution in [2.24, 2.45) is 4.99 Å². The number of nitrogens with one attached hydrogen (secondary N) is 1. The van der Waals surface area contributed by atoms with Crippen LogP contribution in [-0.4, -0.2) is 80.2 Å². The molecule has 1 N–H and O–H groups in total. The number of rotatable bonds is 5. The Hall–Kier alpha value is -1.91. The molecular formula is C25H37IN6O. The minimum absolute atomic E-state index is 0. The lowest BCUT2D eigenvalue weighted by Gasteiger charge is -2.35. The molecule has 1 atom stereocenters. The number of hydrogen-bond acceptors (Lipinski definition) is 5. The zero-order valence-electron chi connectivity index (χ0n) is 20.0. The SMILES string of the molecule is CCNC(=NCc1ccc(N2CCN(C)CC2)nc1)N1CCOC(c2ccccc2C)C1.I. The highest BCUT2D eigenvalue weighted by atomic mass is 127. The summed E-state index contributed by atoms with van der Waals surface area (Å²) in [6.07, 6.45) is 2.04. The second-order valence-electron chi connectivity index (χ2n) is 8.65. The Bertz CT molecular complexity index is 898. The maximum Gasteiger partial charge on any atom is 0.194 e. The number of likely N-dealkylation sites (N-methyl/N-ethyl adjacent to an activating group) is 1. The summed E-state index contributed by atoms with van der Waals surface area (Å²) in [5, 5.41) is 3.46. The standard InChI is InChI=1S/C25H36N6O.HI/c1-4-26-25(31-15-16-32-23(19-31)22-8-6-5-7-20(22)2)28-18-21-9-10-24(27-17-21)30-13-11-29(3)12-14-30;/h5-10,17,23H,4,11-16,18-19H2,1-3H3,(H,26,28);1H. The van der Waals surface area contributed by atoms with Crippen LogP contribution >= 0.6 is 24.0 Å². The minimum atomic E-state index is 0. The molecule has 2 saturated heterocycles. The van der Waals surface area contributed by atoms with Crippen molar-refractivity contribution in [1.82, 2.24) is 20.1 Å². The van der Waals surface area contributed by atoms with Gasteiger partial charge in [-0.25, -0.2) is 9.98 Å². The van der Waals surface area contributed by atoms with Gasteiger partial charge in [-0.1, -0.05) is 30.3 Å². The van der Waals surface area contributed by atoms with E-state index in [0.717, 1.165) is 63.2 Å². The van der Waals surface area contributed by atoms with Crippen LogP contribution < -0.4 is 10.2 Å². The first-order valence-corrected chi connectivity index (χ1v) is 11.7. The normalized spacial score (nSPS) is 19.8. The summed E-state index contributed by atoms with van der Waals surface area (Å²) in [6, 6.07) is 12.8. The molecule has 0 aliphatic carbocycles. The topological polar surface area (TPSA) is 56.2 Å². The average Bonchev–Trinajstić information content (AvgIpc) is 2.83. The molecule has 1 aromatic heterocycles. The number of halogens is 1. The van der Waals surface area contributed by atoms with Crippen molar-refractivity contribution in [3.63, 3.8) is 0 Å². The Morgan fingerprint density at radius 1 is 1.12 bits per heavy atom. The third kappa shape index (κ3) is 6.80. The molecule has 0 amide bonds. The lowest BCUT2D eigenvalue weighted by Crippen LogP contribution is -2.48. The summed E-state index contributed by atoms with van der Waals surface area (Å²) in [7, 11) is 2.17. The van der Waals surface area contributed by atoms with Crippen LogP contribution in [0.5, 0.6) is 0 Å². The molecule has 180 valence electrons. The summed E-state index contributed by atoms with van der Waals surface area (Å²) in [5.41, 5.74) is 3.66. The van der Waals surface area contributed by atoms with Crippen molar-refractivity contribution < 1.29 is 4.74 Å². The highest BCUT2D eigenvalue weighted by Crippen LogP contribution is 2.25. The van der Waals surface area contributed by atoms with Gasteiger partial charge in [0.25, 0.3) is 0 Å². The molecule has 7 nitrogen and oxygen atoms in total. The van der Waals surface area contributed by atoms with E-state index in [4.69, 9.17) is 14.7 Å². The van der Waals surface area contributed by atoms with Gasteiger partial charge < -0.3 is 24.8 Å². The number of hydrogen-bond donors (Lipinski definition) is 1. The number of aryl methyl sites for hydroxylation is 1. The molecule has 1 aromatic carbocycles. The number of guanidine groups is 1. The lowest BCUT2D eigenvalue weighted by atomic mass is 10.0. The molecule has 0 bridgehead atoms. The Kier molecular flexibility index (Phi) is 9.76. The number of pyridine rings is 1. The summed E-state index contributed by atoms with van der Waals surface area (Å²) >= 11 is 0. The molecule has 2 aromatic rings. The van der Waals surface area contributed by atoms with E-state index in [2.05, 4.69) is 77.3 Å². The highest BCUT2D eigenvalue weighted by molar-refractivity contribution is 14.0. The predicted molar refractivity (Wildman–Crippen MR) is 146 cm³/mol. The van der Waals surface area contributed by atoms with Gasteiger partial charge in [0.2, 0.25) is 0 Å². The van der Waals surface area contributed by atoms with Crippen molar-refractivity contribution in [1.29, 1.82) is 0 Å². The second-order valence-corrected chi connectivity index (χ2v) is 8.65. The minimum Gasteiger partial charge on any atom is -0.370 e. The third-order valence-electron chi connectivity index (χ3n) is 6.28. The fourth-order valence-electron chi connectivity index (χ4n) is 4.30. The molecule has 2 aliphatic heterocycles. The van der Waals surface area contributed by atoms with Gasteiger partial charge in [-0.15, -0.1) is 24.0 Å². The van der Waals surface area contributed by atoms with Gasteiger partial charge in [0.15, 0.2) is 5.96 Å². The number of ether oxygens (including phenoxy) is 1. The fourth-order valence-corrected chi connectivity index (χ4v) is 4.30. The number of benzene rings is 1. The molecule has 3 heterocycles. The van der Waals surface area contributed by atoms with Gasteiger partial charge in [-0.2, -0.15) is 0 Å². The maximum absolute atomic E-state index is 6.10. The van der Waals surface area contributed by atoms with E-state index in [9.17, 15) is 0 Å². The predicted octanol–water partition coefficient (Wildman–Crippen LogP) is 3.30. The molecule has 0 radical (unpaired) electrons. The van der Waals surface area contributed by atoms with E-state index in [-0.39, 0.29) is 30.1 Å². The number of morpholine rings is 1. The molecule has 2 fully saturated rings. The van der Waals surface area contributed by atoms with E-state index in [0.29, 0.717) is 13.2 Å². The molecule has 2 aliphatic rings. The molecule has 1 unspecified atom stereocenters. The van der Waals surface area contributed by atoms with E-state index < -0.39 is 0 Å². The van der Waals surface area contributed by atoms with E-state index in [1.54, 1.807) is 0 Å². The second kappa shape index (κ2) is 12.5. The zero-order valence-corrected chi connectivity index (χ0v) is 22.4. The van der Waals surface area contributed by atoms with Crippen LogP contribution in [-0.2, 0) is 11.3 Å². The van der Waals surface area contributed by atoms with Crippen LogP contribution in [0.25, 0.3) is 0 Å². The number of piperazine rings is 1. The Morgan fingerprint density at radius 2 is 1.91 bits per heavy atom. The number of anilines is 1. The van der Waals surface area contributed by atoms with Gasteiger partial charge in [-0.05, 0) is 43.7 Å². The van der Waals surface area contributed by atoms with Crippen LogP contribution in [0.4, 0.5) is 5.82 Å². The smallest absolute Gasteiger partial charge is 0.194 e. The van der Waals surface area contributed by atoms with Crippen molar-refractivity contribution in [3.8, 4) is 0 Å². The fraction of sp³-hybridized carbons (Fsp3) is 0.520. The van der Waals surface area contributed by atoms with E-state index in [1.165, 1.54) is 11.1 Å². The molecule has 0 saturated carbocycles. The van der Waals surface area contributed by atoms with Gasteiger partial charge >= 0.3 is 0 Å². The van der Waals surface area contributed by atoms with Crippen molar-refractivity contribution in [3.05, 3.63) is 59.3 Å². The van der Waals surface area contributed by atoms with Crippen LogP contribution in [0.3, 0.4) is 0 Å². The quantitative estimate of drug-likeness (QED) is 0.342. The molecule has 4 rings (SSSR count). The van der Waals surface area contributed by atoms with Crippen LogP contribution in [0, 0.1) is 6.92 Å². The van der Waals surface area contributed by atoms with Crippen molar-refractivity contribution in [2.45, 2.75) is 26.5 Å². The summed E-state index contributed by atoms with van der Waals surface area (Å²) < 4.78 is 6.10. The molecule has 33 heavy (non-hydrogen) atoms. The molecule has 0 spiro atoms. The van der Waals surface area contributed by atoms with Crippen molar-refractivity contribution >= 4 is 35.8 Å². The molecular weight excluding hydrogens is 527 g/mol. The van der Waals surface area contributed by atoms with Crippen LogP contribution in [0.1, 0.15) is 29.7 Å². The van der Waals surface area contributed by atoms with Gasteiger partial charge in [0, 0.05) is 45.5 Å². The maximum atomic E-state index is 6.10. The summed E-state index contributed by atoms with van der Waals surface area (Å²) in [6.45, 7) is 12.3. The Balaban J connectivity index is 0.00000306. The average molecular weight is 565 g/mol.